The molecular weight excluding hydrogens is 250 g/mol. The fourth-order valence-electron chi connectivity index (χ4n) is 3.77. The van der Waals surface area contributed by atoms with Gasteiger partial charge < -0.3 is 4.74 Å². The van der Waals surface area contributed by atoms with E-state index in [-0.39, 0.29) is 17.3 Å². The van der Waals surface area contributed by atoms with Gasteiger partial charge in [0.05, 0.1) is 12.5 Å². The Bertz CT molecular complexity index is 487. The Morgan fingerprint density at radius 3 is 2.85 bits per heavy atom. The number of nitrogens with zero attached hydrogens (tertiary/aromatic N) is 1. The van der Waals surface area contributed by atoms with Crippen molar-refractivity contribution in [1.29, 1.82) is 0 Å². The van der Waals surface area contributed by atoms with Crippen LogP contribution in [-0.4, -0.2) is 30.6 Å². The van der Waals surface area contributed by atoms with Crippen molar-refractivity contribution in [3.05, 3.63) is 35.9 Å². The molecule has 2 unspecified atom stereocenters. The fourth-order valence-corrected chi connectivity index (χ4v) is 3.77. The van der Waals surface area contributed by atoms with Crippen LogP contribution in [-0.2, 0) is 16.1 Å². The number of carbonyl (C=O) groups is 1. The summed E-state index contributed by atoms with van der Waals surface area (Å²) in [6, 6.07) is 10.6. The van der Waals surface area contributed by atoms with Crippen molar-refractivity contribution in [3.8, 4) is 0 Å². The van der Waals surface area contributed by atoms with Crippen LogP contribution in [0.1, 0.15) is 25.8 Å². The third kappa shape index (κ3) is 2.35. The molecule has 1 aromatic carbocycles. The molecule has 1 aliphatic carbocycles. The van der Waals surface area contributed by atoms with Crippen molar-refractivity contribution in [1.82, 2.24) is 4.90 Å². The zero-order valence-corrected chi connectivity index (χ0v) is 12.3. The second-order valence-electron chi connectivity index (χ2n) is 6.30. The van der Waals surface area contributed by atoms with Crippen LogP contribution in [0.15, 0.2) is 30.3 Å². The average Bonchev–Trinajstić information content (AvgIpc) is 3.07. The van der Waals surface area contributed by atoms with E-state index in [2.05, 4.69) is 42.2 Å². The van der Waals surface area contributed by atoms with Crippen LogP contribution >= 0.6 is 0 Å². The molecule has 3 atom stereocenters. The van der Waals surface area contributed by atoms with Crippen molar-refractivity contribution in [2.45, 2.75) is 26.8 Å². The maximum atomic E-state index is 11.9. The molecule has 1 aliphatic heterocycles. The first kappa shape index (κ1) is 13.6. The summed E-state index contributed by atoms with van der Waals surface area (Å²) in [5.41, 5.74) is 1.55. The first-order valence-corrected chi connectivity index (χ1v) is 7.58. The van der Waals surface area contributed by atoms with Crippen LogP contribution in [0.3, 0.4) is 0 Å². The molecule has 0 aromatic heterocycles. The summed E-state index contributed by atoms with van der Waals surface area (Å²) in [6.45, 7) is 7.77. The minimum Gasteiger partial charge on any atom is -0.466 e. The molecule has 1 saturated heterocycles. The second kappa shape index (κ2) is 5.21. The lowest BCUT2D eigenvalue weighted by Gasteiger charge is -2.16. The first-order valence-electron chi connectivity index (χ1n) is 7.58. The highest BCUT2D eigenvalue weighted by atomic mass is 16.5. The highest BCUT2D eigenvalue weighted by Gasteiger charge is 2.64. The van der Waals surface area contributed by atoms with Crippen LogP contribution in [0.25, 0.3) is 0 Å². The highest BCUT2D eigenvalue weighted by molar-refractivity contribution is 5.77. The molecule has 3 rings (SSSR count). The van der Waals surface area contributed by atoms with Crippen LogP contribution in [0, 0.1) is 17.3 Å². The number of ether oxygens (including phenoxy) is 1. The largest absolute Gasteiger partial charge is 0.466 e. The van der Waals surface area contributed by atoms with Gasteiger partial charge in [-0.3, -0.25) is 9.69 Å². The Morgan fingerprint density at radius 2 is 2.15 bits per heavy atom. The van der Waals surface area contributed by atoms with Gasteiger partial charge in [0.15, 0.2) is 0 Å². The van der Waals surface area contributed by atoms with Crippen molar-refractivity contribution < 1.29 is 9.53 Å². The normalized spacial score (nSPS) is 32.5. The fraction of sp³-hybridized carbons (Fsp3) is 0.588. The zero-order chi connectivity index (χ0) is 14.2. The van der Waals surface area contributed by atoms with Crippen LogP contribution in [0.2, 0.25) is 0 Å². The predicted molar refractivity (Wildman–Crippen MR) is 78.1 cm³/mol. The molecule has 1 heterocycles. The molecule has 3 nitrogen and oxygen atoms in total. The van der Waals surface area contributed by atoms with Crippen molar-refractivity contribution in [3.63, 3.8) is 0 Å². The predicted octanol–water partition coefficient (Wildman–Crippen LogP) is 2.71. The van der Waals surface area contributed by atoms with Gasteiger partial charge in [-0.1, -0.05) is 37.3 Å². The van der Waals surface area contributed by atoms with Gasteiger partial charge in [-0.05, 0) is 24.8 Å². The first-order chi connectivity index (χ1) is 9.65. The smallest absolute Gasteiger partial charge is 0.309 e. The molecule has 1 saturated carbocycles. The molecule has 0 amide bonds. The zero-order valence-electron chi connectivity index (χ0n) is 12.3. The minimum atomic E-state index is 0.0147. The second-order valence-corrected chi connectivity index (χ2v) is 6.30. The number of benzene rings is 1. The van der Waals surface area contributed by atoms with Crippen LogP contribution in [0.5, 0.6) is 0 Å². The molecule has 2 aliphatic rings. The summed E-state index contributed by atoms with van der Waals surface area (Å²) in [5, 5.41) is 0. The summed E-state index contributed by atoms with van der Waals surface area (Å²) < 4.78 is 5.20. The van der Waals surface area contributed by atoms with Crippen molar-refractivity contribution in [2.24, 2.45) is 17.3 Å². The van der Waals surface area contributed by atoms with Gasteiger partial charge in [0.2, 0.25) is 0 Å². The van der Waals surface area contributed by atoms with Gasteiger partial charge in [0.1, 0.15) is 0 Å². The van der Waals surface area contributed by atoms with E-state index in [1.165, 1.54) is 5.56 Å². The van der Waals surface area contributed by atoms with E-state index in [0.29, 0.717) is 12.5 Å². The number of likely N-dealkylation sites (tertiary alicyclic amines) is 1. The molecule has 1 aromatic rings. The van der Waals surface area contributed by atoms with Gasteiger partial charge in [0, 0.05) is 25.0 Å². The van der Waals surface area contributed by atoms with E-state index in [4.69, 9.17) is 4.74 Å². The Hall–Kier alpha value is -1.35. The van der Waals surface area contributed by atoms with E-state index in [1.54, 1.807) is 0 Å². The maximum Gasteiger partial charge on any atom is 0.309 e. The van der Waals surface area contributed by atoms with Crippen LogP contribution in [0.4, 0.5) is 0 Å². The molecule has 0 radical (unpaired) electrons. The molecule has 2 fully saturated rings. The molecule has 0 bridgehead atoms. The Kier molecular flexibility index (Phi) is 3.55. The van der Waals surface area contributed by atoms with E-state index in [9.17, 15) is 4.79 Å². The Labute approximate surface area is 120 Å². The molecule has 20 heavy (non-hydrogen) atoms. The Morgan fingerprint density at radius 1 is 1.40 bits per heavy atom. The van der Waals surface area contributed by atoms with E-state index < -0.39 is 0 Å². The van der Waals surface area contributed by atoms with Crippen molar-refractivity contribution >= 4 is 5.97 Å². The van der Waals surface area contributed by atoms with Gasteiger partial charge in [-0.2, -0.15) is 0 Å². The molecule has 1 spiro atoms. The van der Waals surface area contributed by atoms with E-state index >= 15 is 0 Å². The SMILES string of the molecule is CCOC(=O)C1CC12CN(Cc1ccccc1)C[C@@H]2C. The van der Waals surface area contributed by atoms with Gasteiger partial charge in [-0.25, -0.2) is 0 Å². The molecule has 0 N–H and O–H groups in total. The topological polar surface area (TPSA) is 29.5 Å². The lowest BCUT2D eigenvalue weighted by Crippen LogP contribution is -2.22. The number of rotatable bonds is 4. The quantitative estimate of drug-likeness (QED) is 0.790. The lowest BCUT2D eigenvalue weighted by molar-refractivity contribution is -0.145. The number of hydrogen-bond donors (Lipinski definition) is 0. The number of esters is 1. The lowest BCUT2D eigenvalue weighted by atomic mass is 9.92. The monoisotopic (exact) mass is 273 g/mol. The van der Waals surface area contributed by atoms with E-state index in [1.807, 2.05) is 6.92 Å². The van der Waals surface area contributed by atoms with Gasteiger partial charge in [-0.15, -0.1) is 0 Å². The average molecular weight is 273 g/mol. The Balaban J connectivity index is 1.62. The molecule has 3 heteroatoms. The maximum absolute atomic E-state index is 11.9. The summed E-state index contributed by atoms with van der Waals surface area (Å²) in [5.74, 6) is 0.736. The standard InChI is InChI=1S/C17H23NO2/c1-3-20-16(19)15-9-17(15)12-18(10-13(17)2)11-14-7-5-4-6-8-14/h4-8,13,15H,3,9-12H2,1-2H3/t13-,15?,17?/m0/s1. The van der Waals surface area contributed by atoms with Crippen molar-refractivity contribution in [2.75, 3.05) is 19.7 Å². The van der Waals surface area contributed by atoms with Gasteiger partial charge >= 0.3 is 5.97 Å². The van der Waals surface area contributed by atoms with E-state index in [0.717, 1.165) is 26.1 Å². The third-order valence-corrected chi connectivity index (χ3v) is 4.97. The minimum absolute atomic E-state index is 0.0147. The summed E-state index contributed by atoms with van der Waals surface area (Å²) in [4.78, 5) is 14.4. The molecular formula is C17H23NO2. The van der Waals surface area contributed by atoms with Gasteiger partial charge in [0.25, 0.3) is 0 Å². The summed E-state index contributed by atoms with van der Waals surface area (Å²) in [6.07, 6.45) is 1.01. The third-order valence-electron chi connectivity index (χ3n) is 4.97. The number of hydrogen-bond acceptors (Lipinski definition) is 3. The summed E-state index contributed by atoms with van der Waals surface area (Å²) in [7, 11) is 0. The summed E-state index contributed by atoms with van der Waals surface area (Å²) >= 11 is 0. The molecule has 108 valence electrons. The van der Waals surface area contributed by atoms with Crippen LogP contribution < -0.4 is 0 Å². The highest BCUT2D eigenvalue weighted by Crippen LogP contribution is 2.61. The number of carbonyl (C=O) groups excluding carboxylic acids is 1.